The summed E-state index contributed by atoms with van der Waals surface area (Å²) in [4.78, 5) is 49.0. The molecule has 2 aromatic carbocycles. The van der Waals surface area contributed by atoms with Crippen LogP contribution >= 0.6 is 0 Å². The fraction of sp³-hybridized carbons (Fsp3) is 0.226. The van der Waals surface area contributed by atoms with E-state index in [-0.39, 0.29) is 29.5 Å². The number of nitro groups is 1. The van der Waals surface area contributed by atoms with E-state index in [0.29, 0.717) is 48.7 Å². The van der Waals surface area contributed by atoms with E-state index in [0.717, 1.165) is 11.1 Å². The lowest BCUT2D eigenvalue weighted by molar-refractivity contribution is -0.384. The number of anilines is 1. The number of hydrogen-bond donors (Lipinski definition) is 1. The third kappa shape index (κ3) is 6.58. The first-order chi connectivity index (χ1) is 20.4. The summed E-state index contributed by atoms with van der Waals surface area (Å²) in [7, 11) is 0. The molecule has 1 fully saturated rings. The minimum atomic E-state index is -1.06. The fourth-order valence-corrected chi connectivity index (χ4v) is 5.09. The average molecular weight is 568 g/mol. The molecule has 0 aliphatic carbocycles. The van der Waals surface area contributed by atoms with Gasteiger partial charge in [0.15, 0.2) is 0 Å². The second-order valence-corrected chi connectivity index (χ2v) is 9.84. The van der Waals surface area contributed by atoms with Crippen LogP contribution in [0.25, 0.3) is 11.1 Å². The van der Waals surface area contributed by atoms with Crippen molar-refractivity contribution in [3.05, 3.63) is 118 Å². The molecule has 2 aromatic heterocycles. The zero-order valence-electron chi connectivity index (χ0n) is 22.7. The van der Waals surface area contributed by atoms with Gasteiger partial charge in [-0.15, -0.1) is 0 Å². The maximum absolute atomic E-state index is 13.8. The molecule has 214 valence electrons. The maximum Gasteiger partial charge on any atom is 0.305 e. The van der Waals surface area contributed by atoms with Crippen molar-refractivity contribution in [2.75, 3.05) is 31.2 Å². The van der Waals surface area contributed by atoms with Crippen LogP contribution in [0, 0.1) is 10.1 Å². The summed E-state index contributed by atoms with van der Waals surface area (Å²) in [5.41, 5.74) is 3.57. The third-order valence-corrected chi connectivity index (χ3v) is 7.12. The van der Waals surface area contributed by atoms with Crippen molar-refractivity contribution in [3.63, 3.8) is 0 Å². The van der Waals surface area contributed by atoms with Crippen LogP contribution in [0.4, 0.5) is 11.4 Å². The molecule has 11 heteroatoms. The molecule has 1 aliphatic heterocycles. The van der Waals surface area contributed by atoms with Gasteiger partial charge in [-0.25, -0.2) is 0 Å². The second kappa shape index (κ2) is 13.0. The molecule has 0 spiro atoms. The predicted octanol–water partition coefficient (Wildman–Crippen LogP) is 4.75. The SMILES string of the molecule is O=C(O)CC(c1cccnc1)N(Cc1cccc(-c2ccc(N3CCOCC3)c([N+](=O)[O-])c2)c1)C(=O)c1cccnc1. The zero-order chi connectivity index (χ0) is 29.5. The number of amides is 1. The normalized spacial score (nSPS) is 13.8. The van der Waals surface area contributed by atoms with Crippen molar-refractivity contribution >= 4 is 23.3 Å². The Morgan fingerprint density at radius 2 is 1.71 bits per heavy atom. The molecular weight excluding hydrogens is 538 g/mol. The summed E-state index contributed by atoms with van der Waals surface area (Å²) in [5.74, 6) is -1.44. The van der Waals surface area contributed by atoms with Gasteiger partial charge in [0.25, 0.3) is 11.6 Å². The molecule has 3 heterocycles. The van der Waals surface area contributed by atoms with E-state index in [2.05, 4.69) is 9.97 Å². The van der Waals surface area contributed by atoms with Gasteiger partial charge in [-0.1, -0.05) is 30.3 Å². The number of nitrogens with zero attached hydrogens (tertiary/aromatic N) is 5. The van der Waals surface area contributed by atoms with Crippen LogP contribution in [0.15, 0.2) is 91.5 Å². The first-order valence-electron chi connectivity index (χ1n) is 13.4. The number of morpholine rings is 1. The Kier molecular flexibility index (Phi) is 8.78. The molecule has 4 aromatic rings. The molecule has 5 rings (SSSR count). The van der Waals surface area contributed by atoms with Gasteiger partial charge in [0.05, 0.1) is 36.2 Å². The first kappa shape index (κ1) is 28.4. The Labute approximate surface area is 242 Å². The molecule has 0 bridgehead atoms. The number of carboxylic acids is 1. The van der Waals surface area contributed by atoms with Crippen molar-refractivity contribution < 1.29 is 24.4 Å². The lowest BCUT2D eigenvalue weighted by Crippen LogP contribution is -2.36. The highest BCUT2D eigenvalue weighted by Gasteiger charge is 2.29. The third-order valence-electron chi connectivity index (χ3n) is 7.12. The lowest BCUT2D eigenvalue weighted by atomic mass is 9.99. The van der Waals surface area contributed by atoms with Crippen LogP contribution in [0.2, 0.25) is 0 Å². The number of pyridine rings is 2. The molecule has 0 radical (unpaired) electrons. The van der Waals surface area contributed by atoms with Gasteiger partial charge < -0.3 is 19.6 Å². The summed E-state index contributed by atoms with van der Waals surface area (Å²) in [5, 5.41) is 21.8. The zero-order valence-corrected chi connectivity index (χ0v) is 22.7. The predicted molar refractivity (Wildman–Crippen MR) is 155 cm³/mol. The van der Waals surface area contributed by atoms with Crippen LogP contribution < -0.4 is 4.90 Å². The smallest absolute Gasteiger partial charge is 0.305 e. The van der Waals surface area contributed by atoms with Gasteiger partial charge in [-0.05, 0) is 52.6 Å². The molecule has 11 nitrogen and oxygen atoms in total. The molecule has 1 unspecified atom stereocenters. The van der Waals surface area contributed by atoms with Gasteiger partial charge in [-0.3, -0.25) is 29.7 Å². The summed E-state index contributed by atoms with van der Waals surface area (Å²) in [6, 6.07) is 18.4. The van der Waals surface area contributed by atoms with Crippen LogP contribution in [-0.2, 0) is 16.1 Å². The average Bonchev–Trinajstić information content (AvgIpc) is 3.03. The van der Waals surface area contributed by atoms with Gasteiger partial charge in [0, 0.05) is 50.5 Å². The summed E-state index contributed by atoms with van der Waals surface area (Å²) >= 11 is 0. The number of carboxylic acid groups (broad SMARTS) is 1. The number of hydrogen-bond acceptors (Lipinski definition) is 8. The molecule has 1 aliphatic rings. The number of benzene rings is 2. The van der Waals surface area contributed by atoms with Crippen LogP contribution in [0.3, 0.4) is 0 Å². The molecule has 1 N–H and O–H groups in total. The largest absolute Gasteiger partial charge is 0.481 e. The Morgan fingerprint density at radius 1 is 0.976 bits per heavy atom. The van der Waals surface area contributed by atoms with Crippen molar-refractivity contribution in [1.82, 2.24) is 14.9 Å². The van der Waals surface area contributed by atoms with Gasteiger partial charge >= 0.3 is 5.97 Å². The van der Waals surface area contributed by atoms with E-state index >= 15 is 0 Å². The minimum absolute atomic E-state index is 0.00582. The monoisotopic (exact) mass is 567 g/mol. The van der Waals surface area contributed by atoms with E-state index in [9.17, 15) is 24.8 Å². The van der Waals surface area contributed by atoms with Crippen molar-refractivity contribution in [2.24, 2.45) is 0 Å². The minimum Gasteiger partial charge on any atom is -0.481 e. The Bertz CT molecular complexity index is 1560. The van der Waals surface area contributed by atoms with Gasteiger partial charge in [0.1, 0.15) is 5.69 Å². The number of ether oxygens (including phenoxy) is 1. The van der Waals surface area contributed by atoms with Crippen molar-refractivity contribution in [2.45, 2.75) is 19.0 Å². The van der Waals surface area contributed by atoms with E-state index < -0.39 is 12.0 Å². The molecule has 42 heavy (non-hydrogen) atoms. The first-order valence-corrected chi connectivity index (χ1v) is 13.4. The van der Waals surface area contributed by atoms with E-state index in [4.69, 9.17) is 4.74 Å². The Morgan fingerprint density at radius 3 is 2.38 bits per heavy atom. The molecule has 0 saturated carbocycles. The summed E-state index contributed by atoms with van der Waals surface area (Å²) in [6.07, 6.45) is 5.82. The summed E-state index contributed by atoms with van der Waals surface area (Å²) in [6.45, 7) is 2.26. The number of nitro benzene ring substituents is 1. The van der Waals surface area contributed by atoms with Crippen molar-refractivity contribution in [1.29, 1.82) is 0 Å². The number of aliphatic carboxylic acids is 1. The molecule has 1 amide bonds. The second-order valence-electron chi connectivity index (χ2n) is 9.84. The molecule has 1 saturated heterocycles. The Hall–Kier alpha value is -5.16. The maximum atomic E-state index is 13.8. The number of aromatic nitrogens is 2. The number of carbonyl (C=O) groups is 2. The van der Waals surface area contributed by atoms with Crippen molar-refractivity contribution in [3.8, 4) is 11.1 Å². The van der Waals surface area contributed by atoms with Crippen LogP contribution in [0.5, 0.6) is 0 Å². The van der Waals surface area contributed by atoms with Crippen LogP contribution in [0.1, 0.15) is 33.9 Å². The number of rotatable bonds is 10. The molecular formula is C31H29N5O6. The van der Waals surface area contributed by atoms with Crippen LogP contribution in [-0.4, -0.2) is 63.1 Å². The standard InChI is InChI=1S/C31H29N5O6/c37-30(38)18-28(25-6-2-10-32-19-25)35(31(39)26-7-3-11-33-20-26)21-22-4-1-5-23(16-22)24-8-9-27(29(17-24)36(40)41)34-12-14-42-15-13-34/h1-11,16-17,19-20,28H,12-15,18,21H2,(H,37,38). The van der Waals surface area contributed by atoms with Gasteiger partial charge in [0.2, 0.25) is 0 Å². The molecule has 1 atom stereocenters. The lowest BCUT2D eigenvalue weighted by Gasteiger charge is -2.31. The van der Waals surface area contributed by atoms with E-state index in [1.165, 1.54) is 11.1 Å². The van der Waals surface area contributed by atoms with E-state index in [1.807, 2.05) is 35.2 Å². The van der Waals surface area contributed by atoms with Gasteiger partial charge in [-0.2, -0.15) is 0 Å². The topological polar surface area (TPSA) is 139 Å². The summed E-state index contributed by atoms with van der Waals surface area (Å²) < 4.78 is 5.39. The highest BCUT2D eigenvalue weighted by Crippen LogP contribution is 2.35. The number of carbonyl (C=O) groups excluding carboxylic acids is 1. The quantitative estimate of drug-likeness (QED) is 0.212. The van der Waals surface area contributed by atoms with E-state index in [1.54, 1.807) is 55.0 Å². The fourth-order valence-electron chi connectivity index (χ4n) is 5.09. The highest BCUT2D eigenvalue weighted by molar-refractivity contribution is 5.94. The Balaban J connectivity index is 1.51. The highest BCUT2D eigenvalue weighted by atomic mass is 16.6.